The van der Waals surface area contributed by atoms with Gasteiger partial charge in [-0.1, -0.05) is 242 Å². The summed E-state index contributed by atoms with van der Waals surface area (Å²) < 4.78 is 0. The zero-order valence-corrected chi connectivity index (χ0v) is 77.7. The van der Waals surface area contributed by atoms with Crippen molar-refractivity contribution in [1.29, 1.82) is 0 Å². The molecule has 0 spiro atoms. The summed E-state index contributed by atoms with van der Waals surface area (Å²) in [6, 6.07) is 30.6. The smallest absolute Gasteiger partial charge is 4.00 e. The summed E-state index contributed by atoms with van der Waals surface area (Å²) in [4.78, 5) is 0. The topological polar surface area (TPSA) is 40.2 Å². The SMILES string of the molecule is CC1CC(C)C(C)C1C.CCCC1CCCC1.CCCCC1CCCC1.CCCCC1CCCC1.Cc1c(C)c(C)c([N-]CCNC(C[N-]c2c(C)c(C)c(C)c(C)c2C)c2ccccc2)c(C)c1C.I.[CH2-]c1ccccc1.[CH2-]c1ccccc1.[CH3-].[CH3-].[CH3-].[CH3-].[Cl][Zr+2][Cl].[Cl][Zr+2][Cl].[Zr+4]. The van der Waals surface area contributed by atoms with Crippen molar-refractivity contribution >= 4 is 69.4 Å². The molecule has 542 valence electrons. The number of nitrogens with one attached hydrogen (secondary N) is 1. The number of rotatable bonds is 17. The average Bonchev–Trinajstić information content (AvgIpc) is 1.18. The first-order chi connectivity index (χ1) is 43.1. The van der Waals surface area contributed by atoms with Crippen molar-refractivity contribution in [3.63, 3.8) is 0 Å². The van der Waals surface area contributed by atoms with Crippen LogP contribution in [0.15, 0.2) is 91.0 Å². The van der Waals surface area contributed by atoms with Crippen LogP contribution in [0.25, 0.3) is 10.6 Å². The third-order valence-electron chi connectivity index (χ3n) is 20.4. The van der Waals surface area contributed by atoms with Crippen LogP contribution in [0, 0.1) is 154 Å². The van der Waals surface area contributed by atoms with E-state index in [0.29, 0.717) is 6.54 Å². The summed E-state index contributed by atoms with van der Waals surface area (Å²) in [5.74, 6) is 7.19. The minimum Gasteiger partial charge on any atom is 4.00 e. The zero-order valence-electron chi connectivity index (χ0n) is 65.0. The number of nitrogens with zero attached hydrogens (tertiary/aromatic N) is 2. The molecule has 5 aromatic rings. The van der Waals surface area contributed by atoms with Crippen molar-refractivity contribution < 1.29 is 67.9 Å². The Hall–Kier alpha value is -0.0606. The van der Waals surface area contributed by atoms with Crippen molar-refractivity contribution in [2.24, 2.45) is 41.4 Å². The van der Waals surface area contributed by atoms with Gasteiger partial charge in [-0.3, -0.25) is 0 Å². The number of hydrogen-bond donors (Lipinski definition) is 1. The number of hydrogen-bond acceptors (Lipinski definition) is 1. The predicted octanol–water partition coefficient (Wildman–Crippen LogP) is 30.4. The summed E-state index contributed by atoms with van der Waals surface area (Å²) in [5, 5.41) is 13.9. The maximum atomic E-state index is 5.15. The van der Waals surface area contributed by atoms with Crippen LogP contribution in [0.3, 0.4) is 0 Å². The van der Waals surface area contributed by atoms with Crippen molar-refractivity contribution in [1.82, 2.24) is 5.32 Å². The van der Waals surface area contributed by atoms with Crippen LogP contribution >= 0.6 is 58.0 Å². The molecule has 0 aromatic heterocycles. The van der Waals surface area contributed by atoms with Crippen LogP contribution in [0.1, 0.15) is 262 Å². The van der Waals surface area contributed by atoms with E-state index in [9.17, 15) is 0 Å². The van der Waals surface area contributed by atoms with E-state index in [0.717, 1.165) is 77.0 Å². The number of halogens is 5. The maximum Gasteiger partial charge on any atom is 4.00 e. The molecule has 4 fully saturated rings. The molecule has 0 amide bonds. The van der Waals surface area contributed by atoms with Crippen molar-refractivity contribution in [3.05, 3.63) is 218 Å². The molecule has 1 N–H and O–H groups in total. The molecule has 11 heteroatoms. The molecule has 4 saturated carbocycles. The molecule has 9 rings (SSSR count). The van der Waals surface area contributed by atoms with Gasteiger partial charge in [-0.05, 0) is 163 Å². The van der Waals surface area contributed by atoms with Crippen LogP contribution in [0.2, 0.25) is 0 Å². The van der Waals surface area contributed by atoms with Crippen LogP contribution in [0.5, 0.6) is 0 Å². The summed E-state index contributed by atoms with van der Waals surface area (Å²) in [6.45, 7) is 48.2. The Morgan fingerprint density at radius 3 is 0.979 bits per heavy atom. The van der Waals surface area contributed by atoms with Crippen molar-refractivity contribution in [3.8, 4) is 0 Å². The van der Waals surface area contributed by atoms with Crippen LogP contribution < -0.4 is 5.32 Å². The predicted molar refractivity (Wildman–Crippen MR) is 441 cm³/mol. The van der Waals surface area contributed by atoms with Gasteiger partial charge in [0.2, 0.25) is 0 Å². The second kappa shape index (κ2) is 65.7. The molecule has 5 atom stereocenters. The van der Waals surface area contributed by atoms with Gasteiger partial charge in [-0.2, -0.15) is 49.2 Å². The van der Waals surface area contributed by atoms with E-state index < -0.39 is 41.7 Å². The van der Waals surface area contributed by atoms with Gasteiger partial charge in [0.25, 0.3) is 0 Å². The van der Waals surface area contributed by atoms with Crippen LogP contribution in [0.4, 0.5) is 11.4 Å². The quantitative estimate of drug-likeness (QED) is 0.0563. The second-order valence-electron chi connectivity index (χ2n) is 26.6. The van der Waals surface area contributed by atoms with Gasteiger partial charge in [0.15, 0.2) is 0 Å². The molecule has 5 aromatic carbocycles. The molecule has 4 aliphatic rings. The van der Waals surface area contributed by atoms with Gasteiger partial charge in [0.05, 0.1) is 0 Å². The molecule has 3 nitrogen and oxygen atoms in total. The fourth-order valence-corrected chi connectivity index (χ4v) is 13.3. The van der Waals surface area contributed by atoms with E-state index in [1.165, 1.54) is 196 Å². The van der Waals surface area contributed by atoms with E-state index in [1.807, 2.05) is 60.7 Å². The Balaban J connectivity index is -0.000000272. The summed E-state index contributed by atoms with van der Waals surface area (Å²) in [5.41, 5.74) is 19.1. The minimum atomic E-state index is -0.826. The monoisotopic (exact) mass is 1740 g/mol. The molecule has 0 bridgehead atoms. The van der Waals surface area contributed by atoms with Crippen LogP contribution in [-0.2, 0) is 67.9 Å². The first-order valence-electron chi connectivity index (χ1n) is 35.0. The fraction of sp³-hybridized carbons (Fsp3) is 0.576. The molecule has 0 saturated heterocycles. The Morgan fingerprint density at radius 1 is 0.438 bits per heavy atom. The molecule has 0 heterocycles. The Labute approximate surface area is 672 Å². The Bertz CT molecular complexity index is 2430. The van der Waals surface area contributed by atoms with Gasteiger partial charge < -0.3 is 45.7 Å². The molecule has 0 aliphatic heterocycles. The normalized spacial score (nSPS) is 16.5. The van der Waals surface area contributed by atoms with Gasteiger partial charge in [-0.25, -0.2) is 0 Å². The van der Waals surface area contributed by atoms with E-state index in [1.54, 1.807) is 0 Å². The molecular weight excluding hydrogens is 1610 g/mol. The second-order valence-corrected chi connectivity index (χ2v) is 34.1. The van der Waals surface area contributed by atoms with E-state index in [4.69, 9.17) is 44.7 Å². The van der Waals surface area contributed by atoms with Crippen molar-refractivity contribution in [2.45, 2.75) is 259 Å². The third kappa shape index (κ3) is 43.9. The molecule has 5 unspecified atom stereocenters. The Morgan fingerprint density at radius 2 is 0.719 bits per heavy atom. The number of benzene rings is 5. The van der Waals surface area contributed by atoms with Gasteiger partial charge >= 0.3 is 102 Å². The fourth-order valence-electron chi connectivity index (χ4n) is 13.3. The number of unbranched alkanes of at least 4 members (excludes halogenated alkanes) is 2. The Kier molecular flexibility index (Phi) is 73.1. The largest absolute Gasteiger partial charge is 4.00 e. The van der Waals surface area contributed by atoms with Crippen molar-refractivity contribution in [2.75, 3.05) is 19.6 Å². The average molecular weight is 1750 g/mol. The van der Waals surface area contributed by atoms with E-state index in [2.05, 4.69) is 167 Å². The zero-order chi connectivity index (χ0) is 67.4. The minimum absolute atomic E-state index is 0. The summed E-state index contributed by atoms with van der Waals surface area (Å²) in [7, 11) is 19.7. The first-order valence-corrected chi connectivity index (χ1v) is 47.7. The van der Waals surface area contributed by atoms with E-state index >= 15 is 0 Å². The summed E-state index contributed by atoms with van der Waals surface area (Å²) in [6.07, 6.45) is 31.2. The van der Waals surface area contributed by atoms with Gasteiger partial charge in [0.1, 0.15) is 0 Å². The molecule has 96 heavy (non-hydrogen) atoms. The molecular formula is C85H140Cl4IN3Zr3. The van der Waals surface area contributed by atoms with Gasteiger partial charge in [-0.15, -0.1) is 72.7 Å². The standard InChI is InChI=1S/C32H43N3.3C9H18.C8H16.2C7H7.4CH3.4ClH.HI.3Zr/c1-19-21(3)25(7)31(26(8)22(19)4)34-17-16-33-30(29-14-12-11-13-15-29)18-35-32-27(9)23(5)20(2)24(6)28(32)10;1-6-5-7(2)9(4)8(6)3;2*1-2-3-6-9-7-4-5-8-9;1-2-5-8-6-3-4-7-8;2*1-7-5-3-2-4-6-7;;;;;;;;;;;;/h11-15,30,33H,16-18H2,1-10H3;6-9H,5H2,1-4H3;2*9H,2-8H2,1H3;8H,2-7H2,1H3;2*2-6H,1H2;4*1H3;5*1H;;;/q-2;;;;;6*-1;;;;;;3*+4/p-4. The van der Waals surface area contributed by atoms with Crippen LogP contribution in [-0.4, -0.2) is 19.6 Å². The molecule has 4 aliphatic carbocycles. The molecule has 0 radical (unpaired) electrons. The summed E-state index contributed by atoms with van der Waals surface area (Å²) >= 11 is -1.65. The maximum absolute atomic E-state index is 5.15. The third-order valence-corrected chi connectivity index (χ3v) is 20.4. The van der Waals surface area contributed by atoms with Gasteiger partial charge in [0, 0.05) is 6.04 Å². The van der Waals surface area contributed by atoms with E-state index in [-0.39, 0.29) is 85.9 Å². The first kappa shape index (κ1) is 107.